The van der Waals surface area contributed by atoms with Crippen LogP contribution in [0.25, 0.3) is 0 Å². The van der Waals surface area contributed by atoms with Gasteiger partial charge in [-0.25, -0.2) is 0 Å². The van der Waals surface area contributed by atoms with Crippen molar-refractivity contribution in [2.45, 2.75) is 32.2 Å². The van der Waals surface area contributed by atoms with Gasteiger partial charge in [-0.05, 0) is 44.0 Å². The minimum absolute atomic E-state index is 0. The van der Waals surface area contributed by atoms with Gasteiger partial charge in [-0.1, -0.05) is 23.7 Å². The van der Waals surface area contributed by atoms with E-state index < -0.39 is 0 Å². The third-order valence-corrected chi connectivity index (χ3v) is 5.44. The Hall–Kier alpha value is -1.30. The number of nitrogens with zero attached hydrogens (tertiary/aromatic N) is 2. The molecule has 2 aliphatic rings. The number of amides is 2. The predicted molar refractivity (Wildman–Crippen MR) is 106 cm³/mol. The molecule has 0 aromatic heterocycles. The lowest BCUT2D eigenvalue weighted by Crippen LogP contribution is -2.53. The van der Waals surface area contributed by atoms with Crippen molar-refractivity contribution in [2.24, 2.45) is 5.92 Å². The summed E-state index contributed by atoms with van der Waals surface area (Å²) in [7, 11) is 0. The number of benzene rings is 1. The standard InChI is InChI=1S/C19H26ClN3O2.ClH/c1-14-12-16(6-7-21-14)19(25)23-10-8-22(9-11-23)18(24)13-15-2-4-17(20)5-3-15;/h2-5,14,16,21H,6-13H2,1H3;1H/t14-,16-;/m0./s1. The molecule has 2 amide bonds. The first-order chi connectivity index (χ1) is 12.0. The van der Waals surface area contributed by atoms with Crippen LogP contribution in [0.3, 0.4) is 0 Å². The number of halogens is 2. The van der Waals surface area contributed by atoms with E-state index in [1.54, 1.807) is 12.1 Å². The molecule has 2 heterocycles. The van der Waals surface area contributed by atoms with Crippen LogP contribution in [0.2, 0.25) is 5.02 Å². The Kier molecular flexibility index (Phi) is 7.74. The lowest BCUT2D eigenvalue weighted by atomic mass is 9.92. The van der Waals surface area contributed by atoms with Gasteiger partial charge in [-0.3, -0.25) is 9.59 Å². The molecular weight excluding hydrogens is 373 g/mol. The van der Waals surface area contributed by atoms with Gasteiger partial charge in [-0.2, -0.15) is 0 Å². The highest BCUT2D eigenvalue weighted by molar-refractivity contribution is 6.30. The number of carbonyl (C=O) groups excluding carboxylic acids is 2. The van der Waals surface area contributed by atoms with E-state index in [4.69, 9.17) is 11.6 Å². The first kappa shape index (κ1) is 21.0. The van der Waals surface area contributed by atoms with E-state index in [1.165, 1.54) is 0 Å². The molecule has 3 rings (SSSR count). The van der Waals surface area contributed by atoms with Crippen LogP contribution in [0, 0.1) is 5.92 Å². The van der Waals surface area contributed by atoms with Gasteiger partial charge < -0.3 is 15.1 Å². The number of rotatable bonds is 3. The van der Waals surface area contributed by atoms with E-state index in [0.29, 0.717) is 43.7 Å². The maximum atomic E-state index is 12.7. The lowest BCUT2D eigenvalue weighted by molar-refractivity contribution is -0.142. The summed E-state index contributed by atoms with van der Waals surface area (Å²) in [6.45, 7) is 5.58. The average Bonchev–Trinajstić information content (AvgIpc) is 2.63. The lowest BCUT2D eigenvalue weighted by Gasteiger charge is -2.38. The van der Waals surface area contributed by atoms with Gasteiger partial charge in [0.1, 0.15) is 0 Å². The maximum Gasteiger partial charge on any atom is 0.227 e. The number of hydrogen-bond donors (Lipinski definition) is 1. The highest BCUT2D eigenvalue weighted by atomic mass is 35.5. The Balaban J connectivity index is 0.00000243. The van der Waals surface area contributed by atoms with E-state index in [1.807, 2.05) is 21.9 Å². The van der Waals surface area contributed by atoms with E-state index in [0.717, 1.165) is 24.9 Å². The first-order valence-corrected chi connectivity index (χ1v) is 9.45. The van der Waals surface area contributed by atoms with Crippen LogP contribution in [0.15, 0.2) is 24.3 Å². The molecule has 2 fully saturated rings. The molecule has 0 aliphatic carbocycles. The van der Waals surface area contributed by atoms with Gasteiger partial charge in [0.15, 0.2) is 0 Å². The zero-order valence-electron chi connectivity index (χ0n) is 15.1. The third-order valence-electron chi connectivity index (χ3n) is 5.19. The van der Waals surface area contributed by atoms with Gasteiger partial charge >= 0.3 is 0 Å². The normalized spacial score (nSPS) is 23.3. The van der Waals surface area contributed by atoms with Crippen LogP contribution in [0.4, 0.5) is 0 Å². The topological polar surface area (TPSA) is 52.7 Å². The zero-order valence-corrected chi connectivity index (χ0v) is 16.7. The molecular formula is C19H27Cl2N3O2. The fraction of sp³-hybridized carbons (Fsp3) is 0.579. The smallest absolute Gasteiger partial charge is 0.227 e. The maximum absolute atomic E-state index is 12.7. The average molecular weight is 400 g/mol. The highest BCUT2D eigenvalue weighted by Gasteiger charge is 2.31. The molecule has 2 saturated heterocycles. The Labute approximate surface area is 166 Å². The fourth-order valence-corrected chi connectivity index (χ4v) is 3.81. The van der Waals surface area contributed by atoms with Crippen molar-refractivity contribution in [2.75, 3.05) is 32.7 Å². The van der Waals surface area contributed by atoms with Gasteiger partial charge in [0, 0.05) is 43.2 Å². The Morgan fingerprint density at radius 2 is 1.73 bits per heavy atom. The molecule has 0 bridgehead atoms. The summed E-state index contributed by atoms with van der Waals surface area (Å²) >= 11 is 5.88. The largest absolute Gasteiger partial charge is 0.339 e. The van der Waals surface area contributed by atoms with Gasteiger partial charge in [0.2, 0.25) is 11.8 Å². The molecule has 1 aromatic carbocycles. The van der Waals surface area contributed by atoms with Crippen LogP contribution in [0.1, 0.15) is 25.3 Å². The van der Waals surface area contributed by atoms with E-state index in [-0.39, 0.29) is 30.1 Å². The van der Waals surface area contributed by atoms with Gasteiger partial charge in [0.25, 0.3) is 0 Å². The number of piperazine rings is 1. The monoisotopic (exact) mass is 399 g/mol. The Bertz CT molecular complexity index is 616. The number of nitrogens with one attached hydrogen (secondary N) is 1. The van der Waals surface area contributed by atoms with Crippen molar-refractivity contribution in [3.63, 3.8) is 0 Å². The van der Waals surface area contributed by atoms with Crippen LogP contribution in [0.5, 0.6) is 0 Å². The van der Waals surface area contributed by atoms with Crippen molar-refractivity contribution in [3.05, 3.63) is 34.9 Å². The van der Waals surface area contributed by atoms with Crippen LogP contribution in [-0.4, -0.2) is 60.4 Å². The molecule has 0 unspecified atom stereocenters. The minimum Gasteiger partial charge on any atom is -0.339 e. The van der Waals surface area contributed by atoms with Crippen molar-refractivity contribution in [1.82, 2.24) is 15.1 Å². The quantitative estimate of drug-likeness (QED) is 0.848. The second-order valence-electron chi connectivity index (χ2n) is 7.09. The summed E-state index contributed by atoms with van der Waals surface area (Å²) in [6.07, 6.45) is 2.21. The zero-order chi connectivity index (χ0) is 17.8. The summed E-state index contributed by atoms with van der Waals surface area (Å²) in [4.78, 5) is 28.9. The third kappa shape index (κ3) is 5.35. The van der Waals surface area contributed by atoms with Crippen LogP contribution < -0.4 is 5.32 Å². The molecule has 7 heteroatoms. The molecule has 144 valence electrons. The fourth-order valence-electron chi connectivity index (χ4n) is 3.68. The second-order valence-corrected chi connectivity index (χ2v) is 7.52. The summed E-state index contributed by atoms with van der Waals surface area (Å²) < 4.78 is 0. The van der Waals surface area contributed by atoms with Crippen molar-refractivity contribution in [1.29, 1.82) is 0 Å². The summed E-state index contributed by atoms with van der Waals surface area (Å²) in [5.41, 5.74) is 0.969. The Morgan fingerprint density at radius 3 is 2.35 bits per heavy atom. The molecule has 5 nitrogen and oxygen atoms in total. The van der Waals surface area contributed by atoms with Gasteiger partial charge in [0.05, 0.1) is 6.42 Å². The number of hydrogen-bond acceptors (Lipinski definition) is 3. The summed E-state index contributed by atoms with van der Waals surface area (Å²) in [5.74, 6) is 0.510. The molecule has 0 radical (unpaired) electrons. The van der Waals surface area contributed by atoms with E-state index in [2.05, 4.69) is 12.2 Å². The summed E-state index contributed by atoms with van der Waals surface area (Å²) in [5, 5.41) is 4.06. The predicted octanol–water partition coefficient (Wildman–Crippen LogP) is 2.36. The van der Waals surface area contributed by atoms with Crippen molar-refractivity contribution < 1.29 is 9.59 Å². The number of piperidine rings is 1. The molecule has 0 spiro atoms. The first-order valence-electron chi connectivity index (χ1n) is 9.07. The summed E-state index contributed by atoms with van der Waals surface area (Å²) in [6, 6.07) is 7.79. The minimum atomic E-state index is 0. The SMILES string of the molecule is C[C@H]1C[C@@H](C(=O)N2CCN(C(=O)Cc3ccc(Cl)cc3)CC2)CCN1.Cl. The van der Waals surface area contributed by atoms with Crippen molar-refractivity contribution in [3.8, 4) is 0 Å². The molecule has 1 N–H and O–H groups in total. The van der Waals surface area contributed by atoms with Crippen LogP contribution >= 0.6 is 24.0 Å². The molecule has 1 aromatic rings. The van der Waals surface area contributed by atoms with Gasteiger partial charge in [-0.15, -0.1) is 12.4 Å². The van der Waals surface area contributed by atoms with Crippen molar-refractivity contribution >= 4 is 35.8 Å². The molecule has 26 heavy (non-hydrogen) atoms. The molecule has 2 atom stereocenters. The Morgan fingerprint density at radius 1 is 1.12 bits per heavy atom. The number of carbonyl (C=O) groups is 2. The van der Waals surface area contributed by atoms with E-state index >= 15 is 0 Å². The molecule has 2 aliphatic heterocycles. The van der Waals surface area contributed by atoms with E-state index in [9.17, 15) is 9.59 Å². The highest BCUT2D eigenvalue weighted by Crippen LogP contribution is 2.20. The van der Waals surface area contributed by atoms with Crippen LogP contribution in [-0.2, 0) is 16.0 Å². The molecule has 0 saturated carbocycles. The second kappa shape index (κ2) is 9.58.